The Labute approximate surface area is 149 Å². The Balaban J connectivity index is 1.79. The first kappa shape index (κ1) is 18.3. The Hall–Kier alpha value is -2.06. The van der Waals surface area contributed by atoms with Gasteiger partial charge in [-0.05, 0) is 17.7 Å². The number of thioether (sulfide) groups is 1. The number of hydrogen-bond donors (Lipinski definition) is 2. The van der Waals surface area contributed by atoms with Gasteiger partial charge in [0.25, 0.3) is 0 Å². The summed E-state index contributed by atoms with van der Waals surface area (Å²) in [5, 5.41) is 12.1. The summed E-state index contributed by atoms with van der Waals surface area (Å²) in [6.45, 7) is 0.444. The molecule has 24 heavy (non-hydrogen) atoms. The average molecular weight is 368 g/mol. The highest BCUT2D eigenvalue weighted by Gasteiger charge is 2.12. The Morgan fingerprint density at radius 2 is 2.00 bits per heavy atom. The van der Waals surface area contributed by atoms with E-state index in [0.29, 0.717) is 29.0 Å². The first-order valence-electron chi connectivity index (χ1n) is 7.26. The summed E-state index contributed by atoms with van der Waals surface area (Å²) < 4.78 is 1.76. The summed E-state index contributed by atoms with van der Waals surface area (Å²) in [6.07, 6.45) is 0.653. The molecule has 128 valence electrons. The van der Waals surface area contributed by atoms with Crippen molar-refractivity contribution in [3.05, 3.63) is 40.7 Å². The van der Waals surface area contributed by atoms with Gasteiger partial charge >= 0.3 is 0 Å². The Morgan fingerprint density at radius 1 is 1.29 bits per heavy atom. The number of aryl methyl sites for hydroxylation is 1. The van der Waals surface area contributed by atoms with Gasteiger partial charge in [-0.1, -0.05) is 35.5 Å². The van der Waals surface area contributed by atoms with Crippen LogP contribution in [0, 0.1) is 0 Å². The molecule has 0 aliphatic rings. The number of carbonyl (C=O) groups excluding carboxylic acids is 2. The minimum atomic E-state index is -0.381. The molecule has 0 spiro atoms. The predicted octanol–water partition coefficient (Wildman–Crippen LogP) is 1.29. The number of aromatic nitrogens is 3. The van der Waals surface area contributed by atoms with Crippen LogP contribution in [0.4, 0.5) is 0 Å². The van der Waals surface area contributed by atoms with Crippen LogP contribution in [0.3, 0.4) is 0 Å². The van der Waals surface area contributed by atoms with Crippen molar-refractivity contribution >= 4 is 35.2 Å². The van der Waals surface area contributed by atoms with Crippen molar-refractivity contribution in [3.8, 4) is 0 Å². The molecule has 1 aromatic heterocycles. The molecule has 0 fully saturated rings. The summed E-state index contributed by atoms with van der Waals surface area (Å²) in [7, 11) is 1.80. The number of nitrogens with one attached hydrogen (secondary N) is 1. The van der Waals surface area contributed by atoms with Gasteiger partial charge in [0.1, 0.15) is 5.82 Å². The van der Waals surface area contributed by atoms with Crippen molar-refractivity contribution in [3.63, 3.8) is 0 Å². The summed E-state index contributed by atoms with van der Waals surface area (Å²) in [5.74, 6) is 0.415. The molecule has 2 aromatic rings. The van der Waals surface area contributed by atoms with E-state index in [-0.39, 0.29) is 24.0 Å². The first-order valence-corrected chi connectivity index (χ1v) is 8.62. The van der Waals surface area contributed by atoms with E-state index in [1.807, 2.05) is 12.1 Å². The molecule has 0 aliphatic heterocycles. The predicted molar refractivity (Wildman–Crippen MR) is 92.5 cm³/mol. The largest absolute Gasteiger partial charge is 0.370 e. The lowest BCUT2D eigenvalue weighted by molar-refractivity contribution is -0.119. The van der Waals surface area contributed by atoms with Crippen molar-refractivity contribution in [1.82, 2.24) is 20.1 Å². The third kappa shape index (κ3) is 5.54. The molecular formula is C15H18ClN5O2S. The Bertz CT molecular complexity index is 717. The van der Waals surface area contributed by atoms with Gasteiger partial charge in [0.05, 0.1) is 5.75 Å². The molecule has 1 aromatic carbocycles. The van der Waals surface area contributed by atoms with E-state index in [1.54, 1.807) is 23.7 Å². The molecule has 2 amide bonds. The van der Waals surface area contributed by atoms with Gasteiger partial charge in [0, 0.05) is 31.5 Å². The third-order valence-electron chi connectivity index (χ3n) is 3.26. The normalized spacial score (nSPS) is 10.6. The summed E-state index contributed by atoms with van der Waals surface area (Å²) in [4.78, 5) is 22.7. The van der Waals surface area contributed by atoms with E-state index in [1.165, 1.54) is 11.8 Å². The maximum Gasteiger partial charge on any atom is 0.230 e. The number of halogens is 1. The van der Waals surface area contributed by atoms with E-state index in [9.17, 15) is 9.59 Å². The molecule has 0 aliphatic carbocycles. The maximum atomic E-state index is 11.9. The van der Waals surface area contributed by atoms with Crippen LogP contribution in [0.2, 0.25) is 5.02 Å². The summed E-state index contributed by atoms with van der Waals surface area (Å²) >= 11 is 7.10. The van der Waals surface area contributed by atoms with Gasteiger partial charge < -0.3 is 15.6 Å². The highest BCUT2D eigenvalue weighted by Crippen LogP contribution is 2.16. The third-order valence-corrected chi connectivity index (χ3v) is 4.53. The standard InChI is InChI=1S/C15H18ClN5O2S/c1-21-13(7-6-12(17)22)19-20-15(21)24-9-14(23)18-8-10-2-4-11(16)5-3-10/h2-5H,6-9H2,1H3,(H2,17,22)(H,18,23). The number of nitrogens with two attached hydrogens (primary N) is 1. The van der Waals surface area contributed by atoms with Crippen molar-refractivity contribution in [2.24, 2.45) is 12.8 Å². The Morgan fingerprint density at radius 3 is 2.67 bits per heavy atom. The van der Waals surface area contributed by atoms with Crippen LogP contribution in [0.15, 0.2) is 29.4 Å². The number of primary amides is 1. The molecule has 1 heterocycles. The van der Waals surface area contributed by atoms with Crippen LogP contribution >= 0.6 is 23.4 Å². The van der Waals surface area contributed by atoms with Crippen LogP contribution in [0.25, 0.3) is 0 Å². The molecule has 0 saturated heterocycles. The van der Waals surface area contributed by atoms with Crippen LogP contribution < -0.4 is 11.1 Å². The SMILES string of the molecule is Cn1c(CCC(N)=O)nnc1SCC(=O)NCc1ccc(Cl)cc1. The van der Waals surface area contributed by atoms with Gasteiger partial charge in [0.2, 0.25) is 11.8 Å². The fraction of sp³-hybridized carbons (Fsp3) is 0.333. The zero-order valence-electron chi connectivity index (χ0n) is 13.2. The number of benzene rings is 1. The van der Waals surface area contributed by atoms with Crippen molar-refractivity contribution in [1.29, 1.82) is 0 Å². The molecule has 2 rings (SSSR count). The van der Waals surface area contributed by atoms with Crippen LogP contribution in [0.1, 0.15) is 17.8 Å². The van der Waals surface area contributed by atoms with Crippen LogP contribution in [-0.4, -0.2) is 32.3 Å². The van der Waals surface area contributed by atoms with Gasteiger partial charge in [-0.25, -0.2) is 0 Å². The maximum absolute atomic E-state index is 11.9. The van der Waals surface area contributed by atoms with Gasteiger partial charge in [-0.2, -0.15) is 0 Å². The zero-order chi connectivity index (χ0) is 17.5. The quantitative estimate of drug-likeness (QED) is 0.684. The molecule has 3 N–H and O–H groups in total. The molecule has 0 atom stereocenters. The van der Waals surface area contributed by atoms with Gasteiger partial charge in [0.15, 0.2) is 5.16 Å². The minimum absolute atomic E-state index is 0.100. The lowest BCUT2D eigenvalue weighted by atomic mass is 10.2. The number of hydrogen-bond acceptors (Lipinski definition) is 5. The number of carbonyl (C=O) groups is 2. The molecule has 7 nitrogen and oxygen atoms in total. The highest BCUT2D eigenvalue weighted by atomic mass is 35.5. The first-order chi connectivity index (χ1) is 11.5. The molecule has 0 unspecified atom stereocenters. The van der Waals surface area contributed by atoms with Crippen molar-refractivity contribution < 1.29 is 9.59 Å². The number of rotatable bonds is 8. The Kier molecular flexibility index (Phi) is 6.62. The fourth-order valence-corrected chi connectivity index (χ4v) is 2.79. The van der Waals surface area contributed by atoms with Gasteiger partial charge in [-0.3, -0.25) is 9.59 Å². The monoisotopic (exact) mass is 367 g/mol. The molecular weight excluding hydrogens is 350 g/mol. The molecule has 0 saturated carbocycles. The van der Waals surface area contributed by atoms with E-state index < -0.39 is 0 Å². The fourth-order valence-electron chi connectivity index (χ4n) is 1.91. The van der Waals surface area contributed by atoms with E-state index in [4.69, 9.17) is 17.3 Å². The second kappa shape index (κ2) is 8.70. The van der Waals surface area contributed by atoms with E-state index in [2.05, 4.69) is 15.5 Å². The smallest absolute Gasteiger partial charge is 0.230 e. The topological polar surface area (TPSA) is 103 Å². The lowest BCUT2D eigenvalue weighted by Crippen LogP contribution is -2.24. The van der Waals surface area contributed by atoms with Crippen LogP contribution in [-0.2, 0) is 29.6 Å². The second-order valence-electron chi connectivity index (χ2n) is 5.12. The lowest BCUT2D eigenvalue weighted by Gasteiger charge is -2.06. The zero-order valence-corrected chi connectivity index (χ0v) is 14.7. The molecule has 9 heteroatoms. The summed E-state index contributed by atoms with van der Waals surface area (Å²) in [5.41, 5.74) is 6.10. The number of nitrogens with zero attached hydrogens (tertiary/aromatic N) is 3. The van der Waals surface area contributed by atoms with E-state index in [0.717, 1.165) is 5.56 Å². The second-order valence-corrected chi connectivity index (χ2v) is 6.49. The van der Waals surface area contributed by atoms with Gasteiger partial charge in [-0.15, -0.1) is 10.2 Å². The van der Waals surface area contributed by atoms with E-state index >= 15 is 0 Å². The summed E-state index contributed by atoms with van der Waals surface area (Å²) in [6, 6.07) is 7.29. The average Bonchev–Trinajstić information content (AvgIpc) is 2.90. The molecule has 0 bridgehead atoms. The van der Waals surface area contributed by atoms with Crippen LogP contribution in [0.5, 0.6) is 0 Å². The van der Waals surface area contributed by atoms with Crippen molar-refractivity contribution in [2.45, 2.75) is 24.5 Å². The van der Waals surface area contributed by atoms with Crippen molar-refractivity contribution in [2.75, 3.05) is 5.75 Å². The number of amides is 2. The molecule has 0 radical (unpaired) electrons. The highest BCUT2D eigenvalue weighted by molar-refractivity contribution is 7.99. The minimum Gasteiger partial charge on any atom is -0.370 e.